The molecule has 0 N–H and O–H groups in total. The third-order valence-electron chi connectivity index (χ3n) is 5.06. The predicted molar refractivity (Wildman–Crippen MR) is 89.4 cm³/mol. The van der Waals surface area contributed by atoms with Crippen LogP contribution >= 0.6 is 0 Å². The maximum atomic E-state index is 12.5. The van der Waals surface area contributed by atoms with Crippen molar-refractivity contribution in [2.24, 2.45) is 0 Å². The molecule has 5 nitrogen and oxygen atoms in total. The number of carbonyl (C=O) groups is 1. The summed E-state index contributed by atoms with van der Waals surface area (Å²) in [7, 11) is 0. The van der Waals surface area contributed by atoms with Gasteiger partial charge < -0.3 is 14.2 Å². The van der Waals surface area contributed by atoms with Crippen molar-refractivity contribution in [1.82, 2.24) is 14.5 Å². The van der Waals surface area contributed by atoms with Gasteiger partial charge in [0, 0.05) is 44.4 Å². The number of amides is 1. The summed E-state index contributed by atoms with van der Waals surface area (Å²) in [6.07, 6.45) is 10.2. The zero-order valence-corrected chi connectivity index (χ0v) is 14.4. The van der Waals surface area contributed by atoms with E-state index in [0.717, 1.165) is 57.6 Å². The number of likely N-dealkylation sites (tertiary alicyclic amines) is 1. The quantitative estimate of drug-likeness (QED) is 0.838. The van der Waals surface area contributed by atoms with Crippen LogP contribution in [0.5, 0.6) is 0 Å². The van der Waals surface area contributed by atoms with Crippen LogP contribution in [0.25, 0.3) is 0 Å². The van der Waals surface area contributed by atoms with Crippen LogP contribution in [-0.4, -0.2) is 46.2 Å². The third kappa shape index (κ3) is 3.94. The van der Waals surface area contributed by atoms with Crippen LogP contribution in [0.3, 0.4) is 0 Å². The minimum atomic E-state index is 0.288. The van der Waals surface area contributed by atoms with Gasteiger partial charge in [-0.15, -0.1) is 0 Å². The van der Waals surface area contributed by atoms with Gasteiger partial charge in [0.25, 0.3) is 0 Å². The molecule has 3 rings (SSSR count). The first kappa shape index (κ1) is 16.5. The van der Waals surface area contributed by atoms with E-state index in [1.54, 1.807) is 0 Å². The molecule has 3 heterocycles. The van der Waals surface area contributed by atoms with E-state index in [9.17, 15) is 4.79 Å². The number of carbonyl (C=O) groups excluding carboxylic acids is 1. The lowest BCUT2D eigenvalue weighted by Crippen LogP contribution is -2.41. The molecule has 128 valence electrons. The Labute approximate surface area is 139 Å². The molecule has 0 aromatic carbocycles. The lowest BCUT2D eigenvalue weighted by molar-refractivity contribution is -0.133. The van der Waals surface area contributed by atoms with Gasteiger partial charge >= 0.3 is 0 Å². The van der Waals surface area contributed by atoms with E-state index in [0.29, 0.717) is 24.5 Å². The first-order valence-corrected chi connectivity index (χ1v) is 9.07. The zero-order chi connectivity index (χ0) is 16.2. The van der Waals surface area contributed by atoms with Gasteiger partial charge in [-0.25, -0.2) is 4.98 Å². The van der Waals surface area contributed by atoms with Crippen molar-refractivity contribution in [2.45, 2.75) is 70.4 Å². The maximum Gasteiger partial charge on any atom is 0.222 e. The molecule has 0 aliphatic carbocycles. The highest BCUT2D eigenvalue weighted by Gasteiger charge is 2.27. The molecule has 1 amide bonds. The second kappa shape index (κ2) is 7.47. The van der Waals surface area contributed by atoms with Crippen molar-refractivity contribution in [3.8, 4) is 0 Å². The highest BCUT2D eigenvalue weighted by molar-refractivity contribution is 5.76. The van der Waals surface area contributed by atoms with Gasteiger partial charge in [0.1, 0.15) is 5.82 Å². The Morgan fingerprint density at radius 3 is 3.00 bits per heavy atom. The molecule has 5 heteroatoms. The van der Waals surface area contributed by atoms with E-state index < -0.39 is 0 Å². The number of hydrogen-bond acceptors (Lipinski definition) is 3. The number of nitrogens with zero attached hydrogens (tertiary/aromatic N) is 3. The van der Waals surface area contributed by atoms with Crippen molar-refractivity contribution in [2.75, 3.05) is 19.7 Å². The molecule has 0 saturated carbocycles. The summed E-state index contributed by atoms with van der Waals surface area (Å²) >= 11 is 0. The Balaban J connectivity index is 1.56. The smallest absolute Gasteiger partial charge is 0.222 e. The summed E-state index contributed by atoms with van der Waals surface area (Å²) in [5, 5.41) is 0. The van der Waals surface area contributed by atoms with Gasteiger partial charge in [-0.1, -0.05) is 13.8 Å². The van der Waals surface area contributed by atoms with Crippen LogP contribution in [0.2, 0.25) is 0 Å². The Morgan fingerprint density at radius 1 is 1.39 bits per heavy atom. The van der Waals surface area contributed by atoms with Crippen molar-refractivity contribution in [3.63, 3.8) is 0 Å². The summed E-state index contributed by atoms with van der Waals surface area (Å²) in [5.74, 6) is 1.83. The number of hydrogen-bond donors (Lipinski definition) is 0. The number of imidazole rings is 1. The van der Waals surface area contributed by atoms with Crippen LogP contribution in [0.4, 0.5) is 0 Å². The van der Waals surface area contributed by atoms with Crippen molar-refractivity contribution < 1.29 is 9.53 Å². The fourth-order valence-corrected chi connectivity index (χ4v) is 3.80. The van der Waals surface area contributed by atoms with E-state index in [1.807, 2.05) is 11.1 Å². The fraction of sp³-hybridized carbons (Fsp3) is 0.778. The second-order valence-corrected chi connectivity index (χ2v) is 7.16. The molecule has 2 aliphatic heterocycles. The van der Waals surface area contributed by atoms with Gasteiger partial charge in [0.2, 0.25) is 5.91 Å². The first-order chi connectivity index (χ1) is 11.1. The summed E-state index contributed by atoms with van der Waals surface area (Å²) in [4.78, 5) is 19.1. The molecule has 1 aromatic heterocycles. The van der Waals surface area contributed by atoms with E-state index in [4.69, 9.17) is 4.74 Å². The van der Waals surface area contributed by atoms with Crippen molar-refractivity contribution in [3.05, 3.63) is 18.2 Å². The number of piperidine rings is 1. The van der Waals surface area contributed by atoms with Crippen LogP contribution < -0.4 is 0 Å². The molecular formula is C18H29N3O2. The standard InChI is InChI=1S/C18H29N3O2/c1-14(2)18-19-9-11-21(18)15-5-3-10-20(13-15)17(22)8-7-16-6-4-12-23-16/h9,11,14-16H,3-8,10,12-13H2,1-2H3. The molecule has 2 aliphatic rings. The van der Waals surface area contributed by atoms with E-state index in [1.165, 1.54) is 0 Å². The van der Waals surface area contributed by atoms with E-state index in [-0.39, 0.29) is 5.91 Å². The van der Waals surface area contributed by atoms with Crippen molar-refractivity contribution in [1.29, 1.82) is 0 Å². The van der Waals surface area contributed by atoms with Crippen LogP contribution in [0.15, 0.2) is 12.4 Å². The zero-order valence-electron chi connectivity index (χ0n) is 14.4. The minimum Gasteiger partial charge on any atom is -0.378 e. The van der Waals surface area contributed by atoms with Crippen molar-refractivity contribution >= 4 is 5.91 Å². The van der Waals surface area contributed by atoms with Crippen LogP contribution in [0.1, 0.15) is 70.2 Å². The maximum absolute atomic E-state index is 12.5. The molecule has 0 spiro atoms. The number of rotatable bonds is 5. The molecule has 2 atom stereocenters. The van der Waals surface area contributed by atoms with Gasteiger partial charge in [-0.05, 0) is 32.1 Å². The molecule has 2 unspecified atom stereocenters. The SMILES string of the molecule is CC(C)c1nccn1C1CCCN(C(=O)CCC2CCCO2)C1. The Morgan fingerprint density at radius 2 is 2.26 bits per heavy atom. The summed E-state index contributed by atoms with van der Waals surface area (Å²) in [6, 6.07) is 0.371. The largest absolute Gasteiger partial charge is 0.378 e. The van der Waals surface area contributed by atoms with E-state index in [2.05, 4.69) is 29.6 Å². The van der Waals surface area contributed by atoms with Crippen LogP contribution in [-0.2, 0) is 9.53 Å². The van der Waals surface area contributed by atoms with Gasteiger partial charge in [0.15, 0.2) is 0 Å². The molecule has 0 radical (unpaired) electrons. The van der Waals surface area contributed by atoms with Crippen LogP contribution in [0, 0.1) is 0 Å². The van der Waals surface area contributed by atoms with E-state index >= 15 is 0 Å². The molecule has 0 bridgehead atoms. The Hall–Kier alpha value is -1.36. The minimum absolute atomic E-state index is 0.288. The Kier molecular flexibility index (Phi) is 5.36. The van der Waals surface area contributed by atoms with Gasteiger partial charge in [0.05, 0.1) is 12.1 Å². The number of aromatic nitrogens is 2. The monoisotopic (exact) mass is 319 g/mol. The average Bonchev–Trinajstić information content (AvgIpc) is 3.24. The molecular weight excluding hydrogens is 290 g/mol. The molecule has 23 heavy (non-hydrogen) atoms. The average molecular weight is 319 g/mol. The van der Waals surface area contributed by atoms with Gasteiger partial charge in [-0.2, -0.15) is 0 Å². The fourth-order valence-electron chi connectivity index (χ4n) is 3.80. The number of ether oxygens (including phenoxy) is 1. The predicted octanol–water partition coefficient (Wildman–Crippen LogP) is 3.13. The topological polar surface area (TPSA) is 47.4 Å². The summed E-state index contributed by atoms with van der Waals surface area (Å²) in [5.41, 5.74) is 0. The lowest BCUT2D eigenvalue weighted by atomic mass is 10.0. The lowest BCUT2D eigenvalue weighted by Gasteiger charge is -2.34. The molecule has 2 saturated heterocycles. The van der Waals surface area contributed by atoms with Gasteiger partial charge in [-0.3, -0.25) is 4.79 Å². The second-order valence-electron chi connectivity index (χ2n) is 7.16. The summed E-state index contributed by atoms with van der Waals surface area (Å²) in [6.45, 7) is 6.93. The highest BCUT2D eigenvalue weighted by atomic mass is 16.5. The third-order valence-corrected chi connectivity index (χ3v) is 5.06. The normalized spacial score (nSPS) is 25.3. The first-order valence-electron chi connectivity index (χ1n) is 9.07. The Bertz CT molecular complexity index is 520. The molecule has 2 fully saturated rings. The molecule has 1 aromatic rings. The summed E-state index contributed by atoms with van der Waals surface area (Å²) < 4.78 is 7.91. The highest BCUT2D eigenvalue weighted by Crippen LogP contribution is 2.26.